The lowest BCUT2D eigenvalue weighted by Gasteiger charge is -2.03. The zero-order valence-corrected chi connectivity index (χ0v) is 12.2. The molecule has 22 heavy (non-hydrogen) atoms. The second-order valence-corrected chi connectivity index (χ2v) is 4.60. The molecule has 114 valence electrons. The van der Waals surface area contributed by atoms with Crippen molar-refractivity contribution >= 4 is 23.7 Å². The lowest BCUT2D eigenvalue weighted by Crippen LogP contribution is -2.13. The number of aliphatic imine (C=N–C) groups is 1. The number of hydrogen-bond donors (Lipinski definition) is 2. The van der Waals surface area contributed by atoms with Crippen LogP contribution in [0.25, 0.3) is 6.08 Å². The molecule has 1 heterocycles. The largest absolute Gasteiger partial charge is 0.505 e. The summed E-state index contributed by atoms with van der Waals surface area (Å²) < 4.78 is 4.88. The summed E-state index contributed by atoms with van der Waals surface area (Å²) in [5.41, 5.74) is 1.50. The van der Waals surface area contributed by atoms with Crippen molar-refractivity contribution in [1.82, 2.24) is 0 Å². The van der Waals surface area contributed by atoms with Gasteiger partial charge in [-0.1, -0.05) is 12.1 Å². The number of benzene rings is 1. The summed E-state index contributed by atoms with van der Waals surface area (Å²) in [6.07, 6.45) is 1.57. The number of aromatic carboxylic acids is 1. The van der Waals surface area contributed by atoms with Gasteiger partial charge in [0.2, 0.25) is 0 Å². The topological polar surface area (TPSA) is 96.2 Å². The van der Waals surface area contributed by atoms with Crippen LogP contribution >= 0.6 is 0 Å². The van der Waals surface area contributed by atoms with E-state index < -0.39 is 11.9 Å². The first kappa shape index (κ1) is 15.5. The number of carbonyl (C=O) groups excluding carboxylic acids is 1. The fraction of sp³-hybridized carbons (Fsp3) is 0.188. The number of aliphatic hydroxyl groups is 1. The summed E-state index contributed by atoms with van der Waals surface area (Å²) in [7, 11) is 0. The van der Waals surface area contributed by atoms with Crippen LogP contribution < -0.4 is 0 Å². The SMILES string of the molecule is CCOC(=O)C1=C(O)/C(=C\c2ccc(C(=O)O)cc2)N=C1C. The number of carboxylic acid groups (broad SMARTS) is 1. The molecule has 0 bridgehead atoms. The van der Waals surface area contributed by atoms with Gasteiger partial charge in [-0.25, -0.2) is 14.6 Å². The highest BCUT2D eigenvalue weighted by Gasteiger charge is 2.27. The van der Waals surface area contributed by atoms with Gasteiger partial charge in [0.1, 0.15) is 11.3 Å². The van der Waals surface area contributed by atoms with Crippen LogP contribution in [-0.4, -0.2) is 34.5 Å². The van der Waals surface area contributed by atoms with Crippen molar-refractivity contribution in [3.8, 4) is 0 Å². The van der Waals surface area contributed by atoms with Crippen molar-refractivity contribution in [1.29, 1.82) is 0 Å². The number of aliphatic hydroxyl groups excluding tert-OH is 1. The molecule has 0 radical (unpaired) electrons. The summed E-state index contributed by atoms with van der Waals surface area (Å²) in [5, 5.41) is 19.0. The molecule has 0 unspecified atom stereocenters. The van der Waals surface area contributed by atoms with Gasteiger partial charge < -0.3 is 14.9 Å². The molecule has 1 aliphatic rings. The van der Waals surface area contributed by atoms with Gasteiger partial charge in [-0.2, -0.15) is 0 Å². The standard InChI is InChI=1S/C16H15NO5/c1-3-22-16(21)13-9(2)17-12(14(13)18)8-10-4-6-11(7-5-10)15(19)20/h4-8,18H,3H2,1-2H3,(H,19,20)/b12-8+. The van der Waals surface area contributed by atoms with E-state index in [2.05, 4.69) is 4.99 Å². The monoisotopic (exact) mass is 301 g/mol. The third kappa shape index (κ3) is 3.06. The Bertz CT molecular complexity index is 711. The van der Waals surface area contributed by atoms with Gasteiger partial charge in [-0.15, -0.1) is 0 Å². The molecule has 0 aromatic heterocycles. The van der Waals surface area contributed by atoms with Gasteiger partial charge in [-0.3, -0.25) is 0 Å². The molecule has 6 nitrogen and oxygen atoms in total. The third-order valence-electron chi connectivity index (χ3n) is 3.07. The van der Waals surface area contributed by atoms with Gasteiger partial charge in [-0.05, 0) is 37.6 Å². The second kappa shape index (κ2) is 6.26. The minimum absolute atomic E-state index is 0.0512. The maximum absolute atomic E-state index is 11.8. The van der Waals surface area contributed by atoms with Gasteiger partial charge >= 0.3 is 11.9 Å². The van der Waals surface area contributed by atoms with Gasteiger partial charge in [0.15, 0.2) is 5.76 Å². The van der Waals surface area contributed by atoms with Crippen LogP contribution in [0.4, 0.5) is 0 Å². The maximum Gasteiger partial charge on any atom is 0.343 e. The van der Waals surface area contributed by atoms with E-state index in [1.807, 2.05) is 0 Å². The van der Waals surface area contributed by atoms with E-state index in [9.17, 15) is 14.7 Å². The summed E-state index contributed by atoms with van der Waals surface area (Å²) in [4.78, 5) is 26.7. The molecular formula is C16H15NO5. The van der Waals surface area contributed by atoms with E-state index in [4.69, 9.17) is 9.84 Å². The summed E-state index contributed by atoms with van der Waals surface area (Å²) in [6, 6.07) is 6.09. The highest BCUT2D eigenvalue weighted by Crippen LogP contribution is 2.26. The molecule has 0 aliphatic carbocycles. The predicted octanol–water partition coefficient (Wildman–Crippen LogP) is 2.58. The van der Waals surface area contributed by atoms with Crippen molar-refractivity contribution in [2.45, 2.75) is 13.8 Å². The number of esters is 1. The van der Waals surface area contributed by atoms with Crippen LogP contribution in [0.2, 0.25) is 0 Å². The van der Waals surface area contributed by atoms with Crippen LogP contribution in [0.3, 0.4) is 0 Å². The van der Waals surface area contributed by atoms with Gasteiger partial charge in [0, 0.05) is 0 Å². The molecule has 0 fully saturated rings. The fourth-order valence-electron chi connectivity index (χ4n) is 2.02. The summed E-state index contributed by atoms with van der Waals surface area (Å²) in [5.74, 6) is -1.87. The summed E-state index contributed by atoms with van der Waals surface area (Å²) >= 11 is 0. The molecule has 1 aromatic rings. The molecule has 1 aliphatic heterocycles. The predicted molar refractivity (Wildman–Crippen MR) is 80.8 cm³/mol. The second-order valence-electron chi connectivity index (χ2n) is 4.60. The van der Waals surface area contributed by atoms with Crippen LogP contribution in [0, 0.1) is 0 Å². The quantitative estimate of drug-likeness (QED) is 0.833. The van der Waals surface area contributed by atoms with Crippen molar-refractivity contribution in [2.75, 3.05) is 6.61 Å². The number of rotatable bonds is 4. The first-order valence-corrected chi connectivity index (χ1v) is 6.65. The van der Waals surface area contributed by atoms with Crippen LogP contribution in [-0.2, 0) is 9.53 Å². The first-order valence-electron chi connectivity index (χ1n) is 6.65. The molecule has 0 atom stereocenters. The van der Waals surface area contributed by atoms with E-state index in [-0.39, 0.29) is 29.2 Å². The molecule has 1 aromatic carbocycles. The number of ether oxygens (including phenoxy) is 1. The van der Waals surface area contributed by atoms with E-state index in [1.54, 1.807) is 32.1 Å². The van der Waals surface area contributed by atoms with E-state index in [0.29, 0.717) is 11.3 Å². The molecule has 2 N–H and O–H groups in total. The van der Waals surface area contributed by atoms with Crippen LogP contribution in [0.5, 0.6) is 0 Å². The smallest absolute Gasteiger partial charge is 0.343 e. The Kier molecular flexibility index (Phi) is 4.41. The zero-order valence-electron chi connectivity index (χ0n) is 12.2. The molecule has 0 amide bonds. The highest BCUT2D eigenvalue weighted by atomic mass is 16.5. The maximum atomic E-state index is 11.8. The highest BCUT2D eigenvalue weighted by molar-refractivity contribution is 6.22. The van der Waals surface area contributed by atoms with Crippen molar-refractivity contribution in [2.24, 2.45) is 4.99 Å². The molecule has 2 rings (SSSR count). The number of hydrogen-bond acceptors (Lipinski definition) is 5. The molecular weight excluding hydrogens is 286 g/mol. The number of nitrogens with zero attached hydrogens (tertiary/aromatic N) is 1. The molecule has 0 saturated carbocycles. The Morgan fingerprint density at radius 3 is 2.45 bits per heavy atom. The van der Waals surface area contributed by atoms with Crippen LogP contribution in [0.15, 0.2) is 46.3 Å². The van der Waals surface area contributed by atoms with Gasteiger partial charge in [0.25, 0.3) is 0 Å². The van der Waals surface area contributed by atoms with Crippen molar-refractivity contribution in [3.63, 3.8) is 0 Å². The average molecular weight is 301 g/mol. The average Bonchev–Trinajstić information content (AvgIpc) is 2.74. The zero-order chi connectivity index (χ0) is 16.3. The molecule has 0 spiro atoms. The molecule has 0 saturated heterocycles. The summed E-state index contributed by atoms with van der Waals surface area (Å²) in [6.45, 7) is 3.49. The fourth-order valence-corrected chi connectivity index (χ4v) is 2.02. The Balaban J connectivity index is 2.33. The number of carbonyl (C=O) groups is 2. The normalized spacial score (nSPS) is 15.9. The van der Waals surface area contributed by atoms with Crippen molar-refractivity contribution < 1.29 is 24.5 Å². The van der Waals surface area contributed by atoms with E-state index >= 15 is 0 Å². The van der Waals surface area contributed by atoms with E-state index in [0.717, 1.165) is 0 Å². The third-order valence-corrected chi connectivity index (χ3v) is 3.07. The lowest BCUT2D eigenvalue weighted by molar-refractivity contribution is -0.138. The lowest BCUT2D eigenvalue weighted by atomic mass is 10.1. The van der Waals surface area contributed by atoms with Crippen molar-refractivity contribution in [3.05, 3.63) is 52.4 Å². The number of carboxylic acids is 1. The van der Waals surface area contributed by atoms with Crippen LogP contribution in [0.1, 0.15) is 29.8 Å². The Morgan fingerprint density at radius 2 is 1.91 bits per heavy atom. The minimum atomic E-state index is -1.01. The van der Waals surface area contributed by atoms with Gasteiger partial charge in [0.05, 0.1) is 17.9 Å². The minimum Gasteiger partial charge on any atom is -0.505 e. The Morgan fingerprint density at radius 1 is 1.27 bits per heavy atom. The Labute approximate surface area is 127 Å². The first-order chi connectivity index (χ1) is 10.4. The molecule has 6 heteroatoms. The van der Waals surface area contributed by atoms with E-state index in [1.165, 1.54) is 12.1 Å². The Hall–Kier alpha value is -2.89.